The van der Waals surface area contributed by atoms with E-state index in [-0.39, 0.29) is 12.0 Å². The predicted molar refractivity (Wildman–Crippen MR) is 127 cm³/mol. The van der Waals surface area contributed by atoms with Crippen LogP contribution in [-0.4, -0.2) is 71.4 Å². The van der Waals surface area contributed by atoms with Crippen LogP contribution in [0, 0.1) is 12.8 Å². The zero-order valence-electron chi connectivity index (χ0n) is 20.9. The number of amides is 1. The van der Waals surface area contributed by atoms with E-state index in [1.807, 2.05) is 38.4 Å². The van der Waals surface area contributed by atoms with E-state index in [1.165, 1.54) is 0 Å². The van der Waals surface area contributed by atoms with Gasteiger partial charge in [-0.2, -0.15) is 0 Å². The van der Waals surface area contributed by atoms with Gasteiger partial charge < -0.3 is 23.8 Å². The number of ether oxygens (including phenoxy) is 4. The van der Waals surface area contributed by atoms with Gasteiger partial charge in [0.2, 0.25) is 11.8 Å². The van der Waals surface area contributed by atoms with Gasteiger partial charge in [0.05, 0.1) is 44.5 Å². The first-order chi connectivity index (χ1) is 16.2. The number of hydrogen-bond donors (Lipinski definition) is 0. The molecule has 1 amide bonds. The Kier molecular flexibility index (Phi) is 7.30. The summed E-state index contributed by atoms with van der Waals surface area (Å²) < 4.78 is 24.8. The molecule has 9 nitrogen and oxygen atoms in total. The van der Waals surface area contributed by atoms with E-state index < -0.39 is 5.60 Å². The van der Waals surface area contributed by atoms with Crippen LogP contribution in [0.5, 0.6) is 11.8 Å². The van der Waals surface area contributed by atoms with Crippen molar-refractivity contribution in [2.75, 3.05) is 40.0 Å². The maximum atomic E-state index is 12.5. The number of carbonyl (C=O) groups excluding carboxylic acids is 1. The molecule has 1 fully saturated rings. The average molecular weight is 473 g/mol. The first-order valence-electron chi connectivity index (χ1n) is 12.1. The van der Waals surface area contributed by atoms with Gasteiger partial charge in [-0.3, -0.25) is 0 Å². The summed E-state index contributed by atoms with van der Waals surface area (Å²) in [5.41, 5.74) is 3.51. The molecule has 0 aromatic carbocycles. The van der Waals surface area contributed by atoms with Gasteiger partial charge >= 0.3 is 6.09 Å². The predicted octanol–water partition coefficient (Wildman–Crippen LogP) is 3.73. The van der Waals surface area contributed by atoms with Crippen molar-refractivity contribution in [2.45, 2.75) is 59.0 Å². The highest BCUT2D eigenvalue weighted by Gasteiger charge is 2.29. The van der Waals surface area contributed by atoms with Gasteiger partial charge in [-0.05, 0) is 46.6 Å². The molecule has 2 aromatic heterocycles. The molecule has 0 bridgehead atoms. The second-order valence-corrected chi connectivity index (χ2v) is 10.0. The highest BCUT2D eigenvalue weighted by Crippen LogP contribution is 2.30. The third-order valence-electron chi connectivity index (χ3n) is 6.11. The van der Waals surface area contributed by atoms with E-state index in [0.717, 1.165) is 54.7 Å². The van der Waals surface area contributed by atoms with Crippen molar-refractivity contribution >= 4 is 6.09 Å². The molecule has 0 radical (unpaired) electrons. The zero-order chi connectivity index (χ0) is 24.3. The molecule has 9 heteroatoms. The number of likely N-dealkylation sites (tertiary alicyclic amines) is 1. The summed E-state index contributed by atoms with van der Waals surface area (Å²) in [5.74, 6) is 1.48. The Labute approximate surface area is 201 Å². The Hall–Kier alpha value is -2.81. The summed E-state index contributed by atoms with van der Waals surface area (Å²) >= 11 is 0. The molecule has 2 aliphatic heterocycles. The van der Waals surface area contributed by atoms with Crippen LogP contribution in [0.15, 0.2) is 12.3 Å². The number of pyridine rings is 1. The number of fused-ring (bicyclic) bond motifs is 1. The normalized spacial score (nSPS) is 18.7. The highest BCUT2D eigenvalue weighted by atomic mass is 16.6. The number of hydrogen-bond acceptors (Lipinski definition) is 7. The van der Waals surface area contributed by atoms with Gasteiger partial charge in [0.25, 0.3) is 0 Å². The van der Waals surface area contributed by atoms with Crippen molar-refractivity contribution in [3.05, 3.63) is 29.1 Å². The molecule has 0 aliphatic carbocycles. The maximum absolute atomic E-state index is 12.5. The smallest absolute Gasteiger partial charge is 0.410 e. The fraction of sp³-hybridized carbons (Fsp3) is 0.640. The van der Waals surface area contributed by atoms with Crippen LogP contribution in [0.1, 0.15) is 50.4 Å². The topological polar surface area (TPSA) is 87.9 Å². The number of carbonyl (C=O) groups is 1. The first kappa shape index (κ1) is 24.3. The van der Waals surface area contributed by atoms with Crippen LogP contribution in [0.2, 0.25) is 0 Å². The Morgan fingerprint density at radius 3 is 2.76 bits per heavy atom. The van der Waals surface area contributed by atoms with Gasteiger partial charge in [0.1, 0.15) is 5.60 Å². The number of nitrogens with zero attached hydrogens (tertiary/aromatic N) is 4. The molecule has 34 heavy (non-hydrogen) atoms. The third kappa shape index (κ3) is 5.63. The minimum Gasteiger partial charge on any atom is -0.481 e. The lowest BCUT2D eigenvalue weighted by molar-refractivity contribution is 0.0137. The lowest BCUT2D eigenvalue weighted by atomic mass is 9.99. The number of aryl methyl sites for hydroxylation is 1. The van der Waals surface area contributed by atoms with Crippen LogP contribution in [-0.2, 0) is 22.3 Å². The molecule has 1 atom stereocenters. The molecule has 4 rings (SSSR count). The second-order valence-electron chi connectivity index (χ2n) is 10.0. The largest absolute Gasteiger partial charge is 0.481 e. The summed E-state index contributed by atoms with van der Waals surface area (Å²) in [7, 11) is 1.62. The van der Waals surface area contributed by atoms with Crippen molar-refractivity contribution in [1.82, 2.24) is 19.7 Å². The quantitative estimate of drug-likeness (QED) is 0.655. The van der Waals surface area contributed by atoms with E-state index in [1.54, 1.807) is 18.2 Å². The van der Waals surface area contributed by atoms with Crippen LogP contribution in [0.4, 0.5) is 4.79 Å². The van der Waals surface area contributed by atoms with Gasteiger partial charge in [-0.1, -0.05) is 0 Å². The summed E-state index contributed by atoms with van der Waals surface area (Å²) in [6.45, 7) is 10.8. The van der Waals surface area contributed by atoms with Crippen LogP contribution >= 0.6 is 0 Å². The number of methoxy groups -OCH3 is 1. The summed E-state index contributed by atoms with van der Waals surface area (Å²) in [6.07, 6.45) is 4.97. The van der Waals surface area contributed by atoms with Crippen LogP contribution in [0.3, 0.4) is 0 Å². The van der Waals surface area contributed by atoms with E-state index >= 15 is 0 Å². The Bertz CT molecular complexity index is 1010. The van der Waals surface area contributed by atoms with Gasteiger partial charge in [0, 0.05) is 43.0 Å². The standard InChI is InChI=1S/C25H36N4O5/c1-17-13-19(14-26-22(17)31-5)29-21-9-12-32-11-8-20(21)23(27-29)33-16-18-7-6-10-28(15-18)24(30)34-25(2,3)4/h13-14,18H,6-12,15-16H2,1-5H3/t18-/m1/s1. The summed E-state index contributed by atoms with van der Waals surface area (Å²) in [4.78, 5) is 18.7. The number of aromatic nitrogens is 3. The lowest BCUT2D eigenvalue weighted by Crippen LogP contribution is -2.44. The molecule has 1 saturated heterocycles. The molecular weight excluding hydrogens is 436 g/mol. The van der Waals surface area contributed by atoms with Crippen LogP contribution in [0.25, 0.3) is 5.69 Å². The summed E-state index contributed by atoms with van der Waals surface area (Å²) in [5, 5.41) is 4.84. The second kappa shape index (κ2) is 10.2. The molecule has 0 N–H and O–H groups in total. The molecule has 2 aromatic rings. The van der Waals surface area contributed by atoms with E-state index in [9.17, 15) is 4.79 Å². The molecule has 0 spiro atoms. The number of piperidine rings is 1. The minimum atomic E-state index is -0.498. The zero-order valence-corrected chi connectivity index (χ0v) is 20.9. The molecule has 0 unspecified atom stereocenters. The van der Waals surface area contributed by atoms with Gasteiger partial charge in [0.15, 0.2) is 0 Å². The van der Waals surface area contributed by atoms with E-state index in [4.69, 9.17) is 24.0 Å². The van der Waals surface area contributed by atoms with Crippen molar-refractivity contribution in [3.8, 4) is 17.4 Å². The Balaban J connectivity index is 1.50. The highest BCUT2D eigenvalue weighted by molar-refractivity contribution is 5.68. The average Bonchev–Trinajstić information content (AvgIpc) is 2.96. The van der Waals surface area contributed by atoms with Crippen molar-refractivity contribution in [3.63, 3.8) is 0 Å². The molecule has 4 heterocycles. The fourth-order valence-electron chi connectivity index (χ4n) is 4.51. The SMILES string of the molecule is COc1ncc(-n2nc(OC[C@@H]3CCCN(C(=O)OC(C)(C)C)C3)c3c2CCOCC3)cc1C. The van der Waals surface area contributed by atoms with Gasteiger partial charge in [-0.15, -0.1) is 5.10 Å². The third-order valence-corrected chi connectivity index (χ3v) is 6.11. The molecule has 2 aliphatic rings. The van der Waals surface area contributed by atoms with Crippen molar-refractivity contribution in [2.24, 2.45) is 5.92 Å². The maximum Gasteiger partial charge on any atom is 0.410 e. The van der Waals surface area contributed by atoms with Crippen molar-refractivity contribution in [1.29, 1.82) is 0 Å². The van der Waals surface area contributed by atoms with Crippen molar-refractivity contribution < 1.29 is 23.7 Å². The first-order valence-corrected chi connectivity index (χ1v) is 12.1. The molecular formula is C25H36N4O5. The fourth-order valence-corrected chi connectivity index (χ4v) is 4.51. The van der Waals surface area contributed by atoms with E-state index in [2.05, 4.69) is 4.98 Å². The summed E-state index contributed by atoms with van der Waals surface area (Å²) in [6, 6.07) is 2.02. The molecule has 186 valence electrons. The Morgan fingerprint density at radius 2 is 2.03 bits per heavy atom. The van der Waals surface area contributed by atoms with E-state index in [0.29, 0.717) is 38.1 Å². The monoisotopic (exact) mass is 472 g/mol. The molecule has 0 saturated carbocycles. The van der Waals surface area contributed by atoms with Crippen LogP contribution < -0.4 is 9.47 Å². The van der Waals surface area contributed by atoms with Gasteiger partial charge in [-0.25, -0.2) is 14.5 Å². The minimum absolute atomic E-state index is 0.231. The lowest BCUT2D eigenvalue weighted by Gasteiger charge is -2.33. The number of rotatable bonds is 5. The Morgan fingerprint density at radius 1 is 1.24 bits per heavy atom.